The van der Waals surface area contributed by atoms with E-state index >= 15 is 0 Å². The minimum absolute atomic E-state index is 0. The molecule has 0 bridgehead atoms. The maximum Gasteiger partial charge on any atom is 1.00 e. The van der Waals surface area contributed by atoms with Crippen molar-refractivity contribution in [1.29, 1.82) is 0 Å². The molecule has 0 spiro atoms. The Morgan fingerprint density at radius 1 is 0.854 bits per heavy atom. The van der Waals surface area contributed by atoms with E-state index in [2.05, 4.69) is 60.9 Å². The summed E-state index contributed by atoms with van der Waals surface area (Å²) in [5.74, 6) is 0. The first-order valence-corrected chi connectivity index (χ1v) is 13.4. The Hall–Kier alpha value is 0.378. The van der Waals surface area contributed by atoms with Gasteiger partial charge in [-0.25, -0.2) is 4.67 Å². The number of nitrogens with zero attached hydrogens (tertiary/aromatic N) is 2. The topological polar surface area (TPSA) is 191 Å². The Bertz CT molecular complexity index is 1290. The summed E-state index contributed by atoms with van der Waals surface area (Å²) in [6, 6.07) is 23.6. The van der Waals surface area contributed by atoms with Gasteiger partial charge < -0.3 is 33.1 Å². The summed E-state index contributed by atoms with van der Waals surface area (Å²) >= 11 is 3.33. The largest absolute Gasteiger partial charge is 1.00 e. The fourth-order valence-corrected chi connectivity index (χ4v) is 3.17. The van der Waals surface area contributed by atoms with E-state index in [4.69, 9.17) is 36.2 Å². The third-order valence-electron chi connectivity index (χ3n) is 4.85. The predicted molar refractivity (Wildman–Crippen MR) is 153 cm³/mol. The van der Waals surface area contributed by atoms with Crippen molar-refractivity contribution in [3.05, 3.63) is 112 Å². The van der Waals surface area contributed by atoms with Crippen LogP contribution >= 0.6 is 24.2 Å². The molecule has 4 aromatic rings. The van der Waals surface area contributed by atoms with Crippen LogP contribution in [0.1, 0.15) is 23.9 Å². The van der Waals surface area contributed by atoms with Crippen molar-refractivity contribution >= 4 is 36.8 Å². The van der Waals surface area contributed by atoms with Gasteiger partial charge in [0.2, 0.25) is 0 Å². The van der Waals surface area contributed by atoms with Crippen LogP contribution in [0.4, 0.5) is 0 Å². The van der Waals surface area contributed by atoms with Crippen molar-refractivity contribution in [3.8, 4) is 11.1 Å². The van der Waals surface area contributed by atoms with Crippen LogP contribution in [0.25, 0.3) is 11.1 Å². The van der Waals surface area contributed by atoms with Gasteiger partial charge in [-0.1, -0.05) is 52.3 Å². The van der Waals surface area contributed by atoms with Gasteiger partial charge >= 0.3 is 118 Å². The van der Waals surface area contributed by atoms with E-state index in [0.29, 0.717) is 18.6 Å². The second-order valence-electron chi connectivity index (χ2n) is 7.82. The fraction of sp³-hybridized carbons (Fsp3) is 0.154. The van der Waals surface area contributed by atoms with E-state index in [1.807, 2.05) is 43.5 Å². The summed E-state index contributed by atoms with van der Waals surface area (Å²) in [6.45, 7) is 5.01. The molecule has 1 unspecified atom stereocenters. The molecule has 0 aliphatic heterocycles. The van der Waals surface area contributed by atoms with E-state index < -0.39 is 15.4 Å². The van der Waals surface area contributed by atoms with Gasteiger partial charge in [-0.05, 0) is 82.5 Å². The number of hydrogen-bond acceptors (Lipinski definition) is 10. The van der Waals surface area contributed by atoms with Crippen LogP contribution in [-0.4, -0.2) is 27.1 Å². The Kier molecular flexibility index (Phi) is 27.2. The molecule has 0 saturated carbocycles. The number of rotatable bonds is 5. The summed E-state index contributed by atoms with van der Waals surface area (Å²) in [7, 11) is -4.54. The molecule has 2 aromatic carbocycles. The van der Waals surface area contributed by atoms with Gasteiger partial charge in [0.15, 0.2) is 0 Å². The molecule has 208 valence electrons. The first-order valence-electron chi connectivity index (χ1n) is 11.5. The van der Waals surface area contributed by atoms with Gasteiger partial charge in [-0.2, -0.15) is 0 Å². The fourth-order valence-electron chi connectivity index (χ4n) is 2.91. The zero-order valence-corrected chi connectivity index (χ0v) is 32.2. The van der Waals surface area contributed by atoms with Crippen molar-refractivity contribution < 1.29 is 134 Å². The van der Waals surface area contributed by atoms with Gasteiger partial charge in [-0.3, -0.25) is 9.97 Å². The van der Waals surface area contributed by atoms with Crippen molar-refractivity contribution in [2.24, 2.45) is 11.5 Å². The summed E-state index contributed by atoms with van der Waals surface area (Å²) in [4.78, 5) is 16.9. The average molecular weight is 695 g/mol. The Balaban J connectivity index is -0.000000502. The van der Waals surface area contributed by atoms with E-state index in [1.165, 1.54) is 16.7 Å². The molecule has 15 heteroatoms. The number of aromatic nitrogens is 2. The predicted octanol–water partition coefficient (Wildman–Crippen LogP) is -4.09. The van der Waals surface area contributed by atoms with E-state index in [9.17, 15) is 0 Å². The molecular weight excluding hydrogens is 664 g/mol. The normalized spacial score (nSPS) is 9.54. The van der Waals surface area contributed by atoms with Crippen LogP contribution in [-0.2, 0) is 22.3 Å². The standard InChI is InChI=1S/C13H14N2.C7H8BrN.C6H8BNO2.2K.HO4P.H/c1-10-8-13(6-7-15-10)12-4-2-11(9-14)3-5-12;8-7-3-1-6(5-9)2-4-7;1-5-4-6(7(9)10)2-3-8-5;;;1-4-5(2)3;/h2-8H,9,14H2,1H3;1-4H,5,9H2;2-4,9-10H,1H3;;;1H;/q;;;2*+1;;-1/p-1. The molecular formula is C26H31BBrK2N4O6P. The van der Waals surface area contributed by atoms with E-state index in [-0.39, 0.29) is 104 Å². The zero-order chi connectivity index (χ0) is 29.2. The minimum atomic E-state index is -3.15. The van der Waals surface area contributed by atoms with E-state index in [1.54, 1.807) is 25.3 Å². The van der Waals surface area contributed by atoms with Crippen LogP contribution in [0.2, 0.25) is 0 Å². The van der Waals surface area contributed by atoms with Crippen LogP contribution in [0.15, 0.2) is 89.7 Å². The number of hydrogen-bond donors (Lipinski definition) is 4. The van der Waals surface area contributed by atoms with Crippen molar-refractivity contribution in [2.45, 2.75) is 26.9 Å². The zero-order valence-electron chi connectivity index (χ0n) is 24.5. The van der Waals surface area contributed by atoms with Crippen LogP contribution in [0, 0.1) is 13.8 Å². The van der Waals surface area contributed by atoms with Gasteiger partial charge in [0.1, 0.15) is 0 Å². The van der Waals surface area contributed by atoms with Crippen LogP contribution in [0.3, 0.4) is 0 Å². The van der Waals surface area contributed by atoms with Crippen molar-refractivity contribution in [3.63, 3.8) is 0 Å². The molecule has 2 heterocycles. The molecule has 0 fully saturated rings. The van der Waals surface area contributed by atoms with E-state index in [0.717, 1.165) is 21.4 Å². The third kappa shape index (κ3) is 20.1. The molecule has 41 heavy (non-hydrogen) atoms. The smallest absolute Gasteiger partial charge is 1.00 e. The van der Waals surface area contributed by atoms with Crippen molar-refractivity contribution in [2.75, 3.05) is 0 Å². The Morgan fingerprint density at radius 3 is 1.66 bits per heavy atom. The van der Waals surface area contributed by atoms with Crippen LogP contribution < -0.4 is 130 Å². The molecule has 0 aliphatic carbocycles. The number of halogens is 1. The third-order valence-corrected chi connectivity index (χ3v) is 5.50. The summed E-state index contributed by atoms with van der Waals surface area (Å²) in [5.41, 5.74) is 18.0. The summed E-state index contributed by atoms with van der Waals surface area (Å²) in [6.07, 6.45) is 3.38. The maximum atomic E-state index is 8.87. The summed E-state index contributed by atoms with van der Waals surface area (Å²) in [5, 5.41) is 25.9. The van der Waals surface area contributed by atoms with Gasteiger partial charge in [0.05, 0.1) is 0 Å². The second-order valence-corrected chi connectivity index (χ2v) is 9.33. The molecule has 10 nitrogen and oxygen atoms in total. The number of aryl methyl sites for hydroxylation is 2. The first-order chi connectivity index (χ1) is 18.6. The molecule has 0 saturated heterocycles. The van der Waals surface area contributed by atoms with Crippen molar-refractivity contribution in [1.82, 2.24) is 9.97 Å². The minimum Gasteiger partial charge on any atom is -1.00 e. The second kappa shape index (κ2) is 25.7. The Labute approximate surface area is 336 Å². The van der Waals surface area contributed by atoms with Gasteiger partial charge in [0, 0.05) is 41.3 Å². The average Bonchev–Trinajstić information content (AvgIpc) is 2.94. The van der Waals surface area contributed by atoms with Gasteiger partial charge in [0.25, 0.3) is 0 Å². The Morgan fingerprint density at radius 2 is 1.29 bits per heavy atom. The van der Waals surface area contributed by atoms with Crippen LogP contribution in [0.5, 0.6) is 0 Å². The summed E-state index contributed by atoms with van der Waals surface area (Å²) < 4.78 is 12.4. The number of nitrogens with two attached hydrogens (primary N) is 2. The molecule has 2 aromatic heterocycles. The van der Waals surface area contributed by atoms with Gasteiger partial charge in [-0.15, -0.1) is 0 Å². The number of pyridine rings is 2. The quantitative estimate of drug-likeness (QED) is 0.0692. The molecule has 6 N–H and O–H groups in total. The molecule has 0 radical (unpaired) electrons. The molecule has 0 aliphatic rings. The maximum absolute atomic E-state index is 8.87. The number of benzene rings is 2. The molecule has 1 atom stereocenters. The molecule has 4 rings (SSSR count). The first kappa shape index (κ1) is 43.5. The molecule has 0 amide bonds. The monoisotopic (exact) mass is 694 g/mol. The SMILES string of the molecule is Cc1cc(-c2ccc(CN)cc2)ccn1.Cc1cc(B(O)O)ccn1.NCc1ccc(Br)cc1.O=[P+]([O-])O[O-].[H-].[K+].[K+].